The van der Waals surface area contributed by atoms with Crippen LogP contribution in [-0.4, -0.2) is 11.1 Å². The maximum Gasteiger partial charge on any atom is 0.346 e. The molecule has 0 unspecified atom stereocenters. The minimum absolute atomic E-state index is 0.407. The summed E-state index contributed by atoms with van der Waals surface area (Å²) in [5.74, 6) is -0.246. The number of aromatic carboxylic acids is 1. The number of carboxylic acid groups (broad SMARTS) is 1. The lowest BCUT2D eigenvalue weighted by atomic mass is 10.3. The Kier molecular flexibility index (Phi) is 4.10. The van der Waals surface area contributed by atoms with Crippen molar-refractivity contribution in [1.29, 1.82) is 0 Å². The van der Waals surface area contributed by atoms with Gasteiger partial charge in [-0.2, -0.15) is 0 Å². The number of thiophene rings is 1. The number of thioether (sulfide) groups is 1. The smallest absolute Gasteiger partial charge is 0.346 e. The van der Waals surface area contributed by atoms with Crippen LogP contribution in [0.5, 0.6) is 0 Å². The Hall–Kier alpha value is -0.970. The zero-order chi connectivity index (χ0) is 12.3. The number of hydrogen-bond acceptors (Lipinski definition) is 3. The molecule has 0 aliphatic heterocycles. The van der Waals surface area contributed by atoms with E-state index in [4.69, 9.17) is 16.7 Å². The molecule has 2 aromatic rings. The van der Waals surface area contributed by atoms with Gasteiger partial charge in [-0.25, -0.2) is 4.79 Å². The SMILES string of the molecule is O=C(O)c1sccc1CSc1ccccc1Cl. The van der Waals surface area contributed by atoms with Crippen molar-refractivity contribution in [3.05, 3.63) is 51.2 Å². The highest BCUT2D eigenvalue weighted by molar-refractivity contribution is 7.98. The fourth-order valence-electron chi connectivity index (χ4n) is 1.35. The van der Waals surface area contributed by atoms with E-state index in [1.54, 1.807) is 17.1 Å². The molecule has 88 valence electrons. The van der Waals surface area contributed by atoms with Crippen molar-refractivity contribution in [3.8, 4) is 0 Å². The summed E-state index contributed by atoms with van der Waals surface area (Å²) in [6, 6.07) is 9.40. The molecule has 0 aliphatic carbocycles. The molecule has 0 bridgehead atoms. The molecule has 1 heterocycles. The van der Waals surface area contributed by atoms with E-state index in [1.165, 1.54) is 11.3 Å². The predicted octanol–water partition coefficient (Wildman–Crippen LogP) is 4.39. The molecule has 17 heavy (non-hydrogen) atoms. The molecule has 0 saturated heterocycles. The number of rotatable bonds is 4. The second kappa shape index (κ2) is 5.58. The van der Waals surface area contributed by atoms with Gasteiger partial charge in [-0.3, -0.25) is 0 Å². The maximum absolute atomic E-state index is 10.9. The van der Waals surface area contributed by atoms with Gasteiger partial charge in [-0.05, 0) is 29.1 Å². The predicted molar refractivity (Wildman–Crippen MR) is 72.3 cm³/mol. The number of hydrogen-bond donors (Lipinski definition) is 1. The van der Waals surface area contributed by atoms with Crippen molar-refractivity contribution in [2.75, 3.05) is 0 Å². The van der Waals surface area contributed by atoms with Crippen LogP contribution >= 0.6 is 34.7 Å². The fourth-order valence-corrected chi connectivity index (χ4v) is 3.44. The third-order valence-electron chi connectivity index (χ3n) is 2.16. The van der Waals surface area contributed by atoms with Gasteiger partial charge in [0, 0.05) is 10.6 Å². The largest absolute Gasteiger partial charge is 0.477 e. The molecule has 1 aromatic heterocycles. The Morgan fingerprint density at radius 2 is 2.12 bits per heavy atom. The number of benzene rings is 1. The second-order valence-corrected chi connectivity index (χ2v) is 5.64. The maximum atomic E-state index is 10.9. The van der Waals surface area contributed by atoms with Gasteiger partial charge >= 0.3 is 5.97 Å². The van der Waals surface area contributed by atoms with Crippen molar-refractivity contribution in [2.24, 2.45) is 0 Å². The summed E-state index contributed by atoms with van der Waals surface area (Å²) in [6.45, 7) is 0. The van der Waals surface area contributed by atoms with Crippen LogP contribution in [0.3, 0.4) is 0 Å². The van der Waals surface area contributed by atoms with E-state index in [2.05, 4.69) is 0 Å². The monoisotopic (exact) mass is 284 g/mol. The Morgan fingerprint density at radius 3 is 2.82 bits per heavy atom. The molecule has 0 fully saturated rings. The highest BCUT2D eigenvalue weighted by atomic mass is 35.5. The molecule has 0 spiro atoms. The van der Waals surface area contributed by atoms with E-state index in [1.807, 2.05) is 30.3 Å². The highest BCUT2D eigenvalue weighted by Gasteiger charge is 2.12. The zero-order valence-corrected chi connectivity index (χ0v) is 11.1. The van der Waals surface area contributed by atoms with Gasteiger partial charge in [-0.1, -0.05) is 23.7 Å². The lowest BCUT2D eigenvalue weighted by Gasteiger charge is -2.03. The van der Waals surface area contributed by atoms with Gasteiger partial charge in [0.05, 0.1) is 5.02 Å². The average Bonchev–Trinajstić information content (AvgIpc) is 2.76. The van der Waals surface area contributed by atoms with Crippen LogP contribution in [0, 0.1) is 0 Å². The molecule has 0 aliphatic rings. The Morgan fingerprint density at radius 1 is 1.35 bits per heavy atom. The standard InChI is InChI=1S/C12H9ClO2S2/c13-9-3-1-2-4-10(9)17-7-8-5-6-16-11(8)12(14)15/h1-6H,7H2,(H,14,15). The number of carbonyl (C=O) groups is 1. The van der Waals surface area contributed by atoms with Crippen LogP contribution < -0.4 is 0 Å². The van der Waals surface area contributed by atoms with E-state index in [-0.39, 0.29) is 0 Å². The van der Waals surface area contributed by atoms with Crippen LogP contribution in [0.25, 0.3) is 0 Å². The molecule has 0 amide bonds. The van der Waals surface area contributed by atoms with Gasteiger partial charge in [-0.15, -0.1) is 23.1 Å². The molecule has 1 N–H and O–H groups in total. The molecule has 2 rings (SSSR count). The summed E-state index contributed by atoms with van der Waals surface area (Å²) in [5.41, 5.74) is 0.840. The van der Waals surface area contributed by atoms with Crippen LogP contribution in [0.2, 0.25) is 5.02 Å². The molecule has 5 heteroatoms. The van der Waals surface area contributed by atoms with Crippen LogP contribution in [0.15, 0.2) is 40.6 Å². The van der Waals surface area contributed by atoms with E-state index in [9.17, 15) is 4.79 Å². The first-order valence-corrected chi connectivity index (χ1v) is 7.10. The first-order valence-electron chi connectivity index (χ1n) is 4.85. The van der Waals surface area contributed by atoms with E-state index >= 15 is 0 Å². The lowest BCUT2D eigenvalue weighted by Crippen LogP contribution is -1.96. The molecule has 1 aromatic carbocycles. The van der Waals surface area contributed by atoms with Crippen molar-refractivity contribution >= 4 is 40.7 Å². The van der Waals surface area contributed by atoms with Crippen molar-refractivity contribution < 1.29 is 9.90 Å². The minimum atomic E-state index is -0.866. The second-order valence-electron chi connectivity index (χ2n) is 3.30. The average molecular weight is 285 g/mol. The van der Waals surface area contributed by atoms with Crippen LogP contribution in [0.1, 0.15) is 15.2 Å². The van der Waals surface area contributed by atoms with E-state index in [0.29, 0.717) is 15.7 Å². The third kappa shape index (κ3) is 3.03. The lowest BCUT2D eigenvalue weighted by molar-refractivity contribution is 0.0701. The summed E-state index contributed by atoms with van der Waals surface area (Å²) in [5, 5.41) is 11.5. The molecular weight excluding hydrogens is 276 g/mol. The molecule has 0 saturated carbocycles. The minimum Gasteiger partial charge on any atom is -0.477 e. The molecule has 0 radical (unpaired) electrons. The van der Waals surface area contributed by atoms with Crippen molar-refractivity contribution in [2.45, 2.75) is 10.6 Å². The summed E-state index contributed by atoms with van der Waals surface area (Å²) in [4.78, 5) is 12.3. The van der Waals surface area contributed by atoms with Crippen LogP contribution in [0.4, 0.5) is 0 Å². The van der Waals surface area contributed by atoms with E-state index in [0.717, 1.165) is 10.5 Å². The van der Waals surface area contributed by atoms with Gasteiger partial charge in [0.1, 0.15) is 4.88 Å². The van der Waals surface area contributed by atoms with Gasteiger partial charge in [0.25, 0.3) is 0 Å². The van der Waals surface area contributed by atoms with Crippen molar-refractivity contribution in [3.63, 3.8) is 0 Å². The van der Waals surface area contributed by atoms with Gasteiger partial charge in [0.2, 0.25) is 0 Å². The van der Waals surface area contributed by atoms with Gasteiger partial charge < -0.3 is 5.11 Å². The van der Waals surface area contributed by atoms with E-state index < -0.39 is 5.97 Å². The highest BCUT2D eigenvalue weighted by Crippen LogP contribution is 2.31. The summed E-state index contributed by atoms with van der Waals surface area (Å²) in [6.07, 6.45) is 0. The molecule has 0 atom stereocenters. The van der Waals surface area contributed by atoms with Crippen molar-refractivity contribution in [1.82, 2.24) is 0 Å². The number of halogens is 1. The Bertz CT molecular complexity index is 537. The molecule has 2 nitrogen and oxygen atoms in total. The first-order chi connectivity index (χ1) is 8.18. The topological polar surface area (TPSA) is 37.3 Å². The molecular formula is C12H9ClO2S2. The Labute approximate surface area is 112 Å². The normalized spacial score (nSPS) is 10.4. The zero-order valence-electron chi connectivity index (χ0n) is 8.72. The summed E-state index contributed by atoms with van der Waals surface area (Å²) < 4.78 is 0. The first kappa shape index (κ1) is 12.5. The quantitative estimate of drug-likeness (QED) is 0.846. The summed E-state index contributed by atoms with van der Waals surface area (Å²) in [7, 11) is 0. The fraction of sp³-hybridized carbons (Fsp3) is 0.0833. The summed E-state index contributed by atoms with van der Waals surface area (Å²) >= 11 is 8.83. The van der Waals surface area contributed by atoms with Gasteiger partial charge in [0.15, 0.2) is 0 Å². The Balaban J connectivity index is 2.10. The third-order valence-corrected chi connectivity index (χ3v) is 4.67. The van der Waals surface area contributed by atoms with Crippen LogP contribution in [-0.2, 0) is 5.75 Å². The number of carboxylic acids is 1.